The molecule has 4 nitrogen and oxygen atoms in total. The van der Waals surface area contributed by atoms with E-state index in [0.29, 0.717) is 11.4 Å². The lowest BCUT2D eigenvalue weighted by molar-refractivity contribution is 0.296. The fourth-order valence-corrected chi connectivity index (χ4v) is 4.22. The number of halogens is 1. The van der Waals surface area contributed by atoms with Crippen molar-refractivity contribution in [3.05, 3.63) is 27.8 Å². The number of benzene rings is 1. The Morgan fingerprint density at radius 2 is 1.84 bits per heavy atom. The van der Waals surface area contributed by atoms with Crippen molar-refractivity contribution in [3.8, 4) is 0 Å². The van der Waals surface area contributed by atoms with E-state index in [1.54, 1.807) is 24.3 Å². The molecule has 2 unspecified atom stereocenters. The minimum Gasteiger partial charge on any atom is -0.330 e. The van der Waals surface area contributed by atoms with Crippen molar-refractivity contribution in [1.82, 2.24) is 4.72 Å². The first-order valence-corrected chi connectivity index (χ1v) is 9.07. The molecule has 0 aliphatic heterocycles. The zero-order valence-electron chi connectivity index (χ0n) is 10.7. The standard InChI is InChI=1S/C13H19IN2O2S/c14-11-5-7-12(8-6-11)19(17,18)16-13-4-2-1-3-10(13)9-15/h5-8,10,13,16H,1-4,9,15H2. The number of sulfonamides is 1. The number of rotatable bonds is 4. The highest BCUT2D eigenvalue weighted by molar-refractivity contribution is 14.1. The van der Waals surface area contributed by atoms with Crippen molar-refractivity contribution < 1.29 is 8.42 Å². The van der Waals surface area contributed by atoms with E-state index in [1.165, 1.54) is 0 Å². The fraction of sp³-hybridized carbons (Fsp3) is 0.538. The van der Waals surface area contributed by atoms with Crippen LogP contribution in [0, 0.1) is 9.49 Å². The number of nitrogens with two attached hydrogens (primary N) is 1. The second kappa shape index (κ2) is 6.51. The second-order valence-electron chi connectivity index (χ2n) is 4.96. The Hall–Kier alpha value is -0.180. The van der Waals surface area contributed by atoms with Crippen molar-refractivity contribution >= 4 is 32.6 Å². The lowest BCUT2D eigenvalue weighted by Crippen LogP contribution is -2.44. The SMILES string of the molecule is NCC1CCCCC1NS(=O)(=O)c1ccc(I)cc1. The molecule has 106 valence electrons. The molecule has 2 rings (SSSR count). The summed E-state index contributed by atoms with van der Waals surface area (Å²) < 4.78 is 28.5. The lowest BCUT2D eigenvalue weighted by Gasteiger charge is -2.31. The third kappa shape index (κ3) is 3.90. The normalized spacial score (nSPS) is 24.3. The van der Waals surface area contributed by atoms with Gasteiger partial charge in [0.25, 0.3) is 0 Å². The average molecular weight is 394 g/mol. The molecular weight excluding hydrogens is 375 g/mol. The molecule has 0 aromatic heterocycles. The van der Waals surface area contributed by atoms with Gasteiger partial charge in [-0.3, -0.25) is 0 Å². The van der Waals surface area contributed by atoms with Gasteiger partial charge in [-0.2, -0.15) is 0 Å². The van der Waals surface area contributed by atoms with E-state index in [4.69, 9.17) is 5.73 Å². The topological polar surface area (TPSA) is 72.2 Å². The Balaban J connectivity index is 2.14. The van der Waals surface area contributed by atoms with Crippen LogP contribution in [0.2, 0.25) is 0 Å². The summed E-state index contributed by atoms with van der Waals surface area (Å²) in [5.74, 6) is 0.257. The average Bonchev–Trinajstić information content (AvgIpc) is 2.39. The van der Waals surface area contributed by atoms with Crippen LogP contribution in [0.25, 0.3) is 0 Å². The predicted octanol–water partition coefficient (Wildman–Crippen LogP) is 2.09. The fourth-order valence-electron chi connectivity index (χ4n) is 2.53. The quantitative estimate of drug-likeness (QED) is 0.769. The lowest BCUT2D eigenvalue weighted by atomic mass is 9.85. The second-order valence-corrected chi connectivity index (χ2v) is 7.92. The van der Waals surface area contributed by atoms with Crippen LogP contribution in [0.1, 0.15) is 25.7 Å². The highest BCUT2D eigenvalue weighted by Crippen LogP contribution is 2.25. The third-order valence-corrected chi connectivity index (χ3v) is 5.87. The van der Waals surface area contributed by atoms with Crippen LogP contribution in [-0.4, -0.2) is 21.0 Å². The van der Waals surface area contributed by atoms with Gasteiger partial charge in [-0.1, -0.05) is 12.8 Å². The van der Waals surface area contributed by atoms with Gasteiger partial charge in [0.2, 0.25) is 10.0 Å². The molecule has 19 heavy (non-hydrogen) atoms. The summed E-state index contributed by atoms with van der Waals surface area (Å²) in [7, 11) is -3.43. The minimum atomic E-state index is -3.43. The van der Waals surface area contributed by atoms with Gasteiger partial charge in [0.05, 0.1) is 4.90 Å². The summed E-state index contributed by atoms with van der Waals surface area (Å²) in [5.41, 5.74) is 5.74. The maximum atomic E-state index is 12.3. The van der Waals surface area contributed by atoms with Crippen LogP contribution < -0.4 is 10.5 Å². The number of nitrogens with one attached hydrogen (secondary N) is 1. The van der Waals surface area contributed by atoms with E-state index in [0.717, 1.165) is 29.3 Å². The van der Waals surface area contributed by atoms with E-state index in [1.807, 2.05) is 0 Å². The summed E-state index contributed by atoms with van der Waals surface area (Å²) in [4.78, 5) is 0.328. The Morgan fingerprint density at radius 1 is 1.21 bits per heavy atom. The first-order chi connectivity index (χ1) is 9.03. The molecule has 2 atom stereocenters. The van der Waals surface area contributed by atoms with Gasteiger partial charge in [-0.05, 0) is 72.2 Å². The van der Waals surface area contributed by atoms with Gasteiger partial charge in [0, 0.05) is 9.61 Å². The van der Waals surface area contributed by atoms with Crippen molar-refractivity contribution in [2.75, 3.05) is 6.54 Å². The summed E-state index contributed by atoms with van der Waals surface area (Å²) >= 11 is 2.16. The maximum Gasteiger partial charge on any atom is 0.240 e. The molecule has 6 heteroatoms. The third-order valence-electron chi connectivity index (χ3n) is 3.64. The zero-order valence-corrected chi connectivity index (χ0v) is 13.7. The molecule has 0 saturated heterocycles. The molecule has 0 heterocycles. The zero-order chi connectivity index (χ0) is 13.9. The molecule has 1 aliphatic carbocycles. The highest BCUT2D eigenvalue weighted by atomic mass is 127. The minimum absolute atomic E-state index is 0.0250. The van der Waals surface area contributed by atoms with Crippen LogP contribution in [0.4, 0.5) is 0 Å². The maximum absolute atomic E-state index is 12.3. The van der Waals surface area contributed by atoms with E-state index in [2.05, 4.69) is 27.3 Å². The Morgan fingerprint density at radius 3 is 2.47 bits per heavy atom. The number of hydrogen-bond acceptors (Lipinski definition) is 3. The summed E-state index contributed by atoms with van der Waals surface area (Å²) in [5, 5.41) is 0. The summed E-state index contributed by atoms with van der Waals surface area (Å²) in [6.45, 7) is 0.542. The van der Waals surface area contributed by atoms with E-state index in [-0.39, 0.29) is 12.0 Å². The first kappa shape index (κ1) is 15.2. The van der Waals surface area contributed by atoms with Crippen molar-refractivity contribution in [2.24, 2.45) is 11.7 Å². The van der Waals surface area contributed by atoms with Gasteiger partial charge in [0.15, 0.2) is 0 Å². The summed E-state index contributed by atoms with van der Waals surface area (Å²) in [6, 6.07) is 6.87. The Kier molecular flexibility index (Phi) is 5.22. The smallest absolute Gasteiger partial charge is 0.240 e. The van der Waals surface area contributed by atoms with Gasteiger partial charge < -0.3 is 5.73 Å². The molecule has 1 aliphatic rings. The van der Waals surface area contributed by atoms with Crippen molar-refractivity contribution in [1.29, 1.82) is 0 Å². The van der Waals surface area contributed by atoms with Gasteiger partial charge in [-0.25, -0.2) is 13.1 Å². The van der Waals surface area contributed by atoms with Crippen LogP contribution in [0.3, 0.4) is 0 Å². The molecule has 1 aromatic rings. The van der Waals surface area contributed by atoms with Gasteiger partial charge in [-0.15, -0.1) is 0 Å². The predicted molar refractivity (Wildman–Crippen MR) is 84.3 cm³/mol. The van der Waals surface area contributed by atoms with Gasteiger partial charge >= 0.3 is 0 Å². The van der Waals surface area contributed by atoms with Crippen LogP contribution in [-0.2, 0) is 10.0 Å². The molecule has 3 N–H and O–H groups in total. The highest BCUT2D eigenvalue weighted by Gasteiger charge is 2.28. The van der Waals surface area contributed by atoms with E-state index >= 15 is 0 Å². The molecule has 0 spiro atoms. The largest absolute Gasteiger partial charge is 0.330 e. The molecule has 1 aromatic carbocycles. The monoisotopic (exact) mass is 394 g/mol. The van der Waals surface area contributed by atoms with Crippen LogP contribution in [0.15, 0.2) is 29.2 Å². The molecule has 0 bridgehead atoms. The molecular formula is C13H19IN2O2S. The van der Waals surface area contributed by atoms with E-state index in [9.17, 15) is 8.42 Å². The van der Waals surface area contributed by atoms with Gasteiger partial charge in [0.1, 0.15) is 0 Å². The van der Waals surface area contributed by atoms with E-state index < -0.39 is 10.0 Å². The molecule has 1 saturated carbocycles. The molecule has 0 radical (unpaired) electrons. The Bertz CT molecular complexity index is 516. The van der Waals surface area contributed by atoms with Crippen LogP contribution >= 0.6 is 22.6 Å². The number of hydrogen-bond donors (Lipinski definition) is 2. The molecule has 0 amide bonds. The van der Waals surface area contributed by atoms with Crippen molar-refractivity contribution in [3.63, 3.8) is 0 Å². The Labute approximate surface area is 128 Å². The first-order valence-electron chi connectivity index (χ1n) is 6.51. The van der Waals surface area contributed by atoms with Crippen LogP contribution in [0.5, 0.6) is 0 Å². The summed E-state index contributed by atoms with van der Waals surface area (Å²) in [6.07, 6.45) is 4.10. The van der Waals surface area contributed by atoms with Crippen molar-refractivity contribution in [2.45, 2.75) is 36.6 Å². The molecule has 1 fully saturated rings.